The van der Waals surface area contributed by atoms with Crippen LogP contribution >= 0.6 is 0 Å². The fraction of sp³-hybridized carbons (Fsp3) is 0.500. The van der Waals surface area contributed by atoms with Crippen LogP contribution in [0.4, 0.5) is 0 Å². The first-order chi connectivity index (χ1) is 12.9. The first kappa shape index (κ1) is 20.6. The fourth-order valence-corrected chi connectivity index (χ4v) is 2.98. The summed E-state index contributed by atoms with van der Waals surface area (Å²) >= 11 is 0. The van der Waals surface area contributed by atoms with Crippen LogP contribution in [-0.2, 0) is 20.1 Å². The van der Waals surface area contributed by atoms with Gasteiger partial charge in [0.15, 0.2) is 17.5 Å². The van der Waals surface area contributed by atoms with Crippen molar-refractivity contribution >= 4 is 5.96 Å². The number of methoxy groups -OCH3 is 1. The fourth-order valence-electron chi connectivity index (χ4n) is 2.98. The van der Waals surface area contributed by atoms with Crippen LogP contribution in [0.15, 0.2) is 29.4 Å². The maximum atomic E-state index is 10.3. The summed E-state index contributed by atoms with van der Waals surface area (Å²) in [5, 5.41) is 18.2. The maximum absolute atomic E-state index is 10.3. The van der Waals surface area contributed by atoms with E-state index in [0.717, 1.165) is 23.8 Å². The minimum atomic E-state index is 0.136. The number of guanidine groups is 1. The molecule has 1 aromatic carbocycles. The van der Waals surface area contributed by atoms with Gasteiger partial charge in [-0.15, -0.1) is 0 Å². The van der Waals surface area contributed by atoms with Gasteiger partial charge in [-0.1, -0.05) is 26.0 Å². The predicted octanol–water partition coefficient (Wildman–Crippen LogP) is 2.86. The lowest BCUT2D eigenvalue weighted by molar-refractivity contribution is 0.370. The van der Waals surface area contributed by atoms with Crippen molar-refractivity contribution in [1.29, 1.82) is 0 Å². The molecule has 2 aromatic rings. The molecule has 0 atom stereocenters. The van der Waals surface area contributed by atoms with Crippen molar-refractivity contribution in [2.45, 2.75) is 39.8 Å². The molecule has 0 aliphatic heterocycles. The second kappa shape index (κ2) is 9.30. The molecule has 7 heteroatoms. The molecule has 1 heterocycles. The molecule has 0 saturated heterocycles. The highest BCUT2D eigenvalue weighted by atomic mass is 16.5. The van der Waals surface area contributed by atoms with Crippen LogP contribution in [0.2, 0.25) is 0 Å². The number of aryl methyl sites for hydroxylation is 1. The number of hydrogen-bond acceptors (Lipinski definition) is 4. The highest BCUT2D eigenvalue weighted by Gasteiger charge is 2.15. The summed E-state index contributed by atoms with van der Waals surface area (Å²) in [6.45, 7) is 8.16. The number of nitrogens with one attached hydrogen (secondary N) is 1. The smallest absolute Gasteiger partial charge is 0.194 e. The molecule has 0 aliphatic carbocycles. The second-order valence-corrected chi connectivity index (χ2v) is 6.86. The molecule has 148 valence electrons. The number of ether oxygens (including phenoxy) is 1. The molecule has 2 rings (SSSR count). The number of phenols is 1. The molecule has 0 amide bonds. The Kier molecular flexibility index (Phi) is 7.10. The zero-order valence-corrected chi connectivity index (χ0v) is 17.2. The number of benzene rings is 1. The number of rotatable bonds is 7. The van der Waals surface area contributed by atoms with E-state index in [1.165, 1.54) is 5.56 Å². The minimum absolute atomic E-state index is 0.136. The van der Waals surface area contributed by atoms with Crippen molar-refractivity contribution < 1.29 is 9.84 Å². The average molecular weight is 374 g/mol. The quantitative estimate of drug-likeness (QED) is 0.577. The predicted molar refractivity (Wildman–Crippen MR) is 108 cm³/mol. The molecule has 0 saturated carbocycles. The van der Waals surface area contributed by atoms with E-state index in [4.69, 9.17) is 4.74 Å². The molecule has 0 spiro atoms. The third-order valence-electron chi connectivity index (χ3n) is 4.29. The Morgan fingerprint density at radius 2 is 2.11 bits per heavy atom. The minimum Gasteiger partial charge on any atom is -0.504 e. The molecule has 0 radical (unpaired) electrons. The van der Waals surface area contributed by atoms with Gasteiger partial charge in [-0.25, -0.2) is 4.99 Å². The highest BCUT2D eigenvalue weighted by Crippen LogP contribution is 2.29. The summed E-state index contributed by atoms with van der Waals surface area (Å²) in [5.41, 5.74) is 3.01. The molecule has 0 aliphatic rings. The number of nitrogens with zero attached hydrogens (tertiary/aromatic N) is 4. The number of aromatic nitrogens is 2. The third-order valence-corrected chi connectivity index (χ3v) is 4.29. The summed E-state index contributed by atoms with van der Waals surface area (Å²) < 4.78 is 7.03. The van der Waals surface area contributed by atoms with E-state index in [1.807, 2.05) is 37.8 Å². The summed E-state index contributed by atoms with van der Waals surface area (Å²) in [6.07, 6.45) is 2.06. The van der Waals surface area contributed by atoms with Crippen molar-refractivity contribution in [3.05, 3.63) is 41.2 Å². The van der Waals surface area contributed by atoms with E-state index < -0.39 is 0 Å². The number of hydrogen-bond donors (Lipinski definition) is 2. The van der Waals surface area contributed by atoms with E-state index in [1.54, 1.807) is 13.2 Å². The van der Waals surface area contributed by atoms with Gasteiger partial charge in [0.1, 0.15) is 0 Å². The molecule has 1 aromatic heterocycles. The molecule has 2 N–H and O–H groups in total. The van der Waals surface area contributed by atoms with Crippen LogP contribution in [0.3, 0.4) is 0 Å². The monoisotopic (exact) mass is 373 g/mol. The molecule has 27 heavy (non-hydrogen) atoms. The molecule has 7 nitrogen and oxygen atoms in total. The van der Waals surface area contributed by atoms with Crippen LogP contribution in [0, 0.1) is 0 Å². The Hall–Kier alpha value is -2.70. The van der Waals surface area contributed by atoms with Gasteiger partial charge in [0.2, 0.25) is 0 Å². The van der Waals surface area contributed by atoms with Crippen LogP contribution in [0.5, 0.6) is 11.5 Å². The second-order valence-electron chi connectivity index (χ2n) is 6.86. The molecule has 0 fully saturated rings. The first-order valence-corrected chi connectivity index (χ1v) is 9.24. The van der Waals surface area contributed by atoms with Gasteiger partial charge in [-0.2, -0.15) is 5.10 Å². The lowest BCUT2D eigenvalue weighted by atomic mass is 10.1. The van der Waals surface area contributed by atoms with Crippen molar-refractivity contribution in [1.82, 2.24) is 20.0 Å². The topological polar surface area (TPSA) is 74.9 Å². The molecule has 0 unspecified atom stereocenters. The van der Waals surface area contributed by atoms with Crippen molar-refractivity contribution in [2.75, 3.05) is 20.7 Å². The Morgan fingerprint density at radius 3 is 2.74 bits per heavy atom. The summed E-state index contributed by atoms with van der Waals surface area (Å²) in [6, 6.07) is 5.43. The van der Waals surface area contributed by atoms with Crippen molar-refractivity contribution in [3.8, 4) is 11.5 Å². The van der Waals surface area contributed by atoms with Gasteiger partial charge < -0.3 is 20.1 Å². The molecule has 0 bridgehead atoms. The third kappa shape index (κ3) is 5.15. The summed E-state index contributed by atoms with van der Waals surface area (Å²) in [5.74, 6) is 1.73. The van der Waals surface area contributed by atoms with Gasteiger partial charge in [-0.3, -0.25) is 4.68 Å². The van der Waals surface area contributed by atoms with Gasteiger partial charge >= 0.3 is 0 Å². The normalized spacial score (nSPS) is 11.7. The van der Waals surface area contributed by atoms with Crippen LogP contribution in [0.25, 0.3) is 0 Å². The van der Waals surface area contributed by atoms with E-state index in [-0.39, 0.29) is 5.75 Å². The Morgan fingerprint density at radius 1 is 1.37 bits per heavy atom. The summed E-state index contributed by atoms with van der Waals surface area (Å²) in [4.78, 5) is 6.76. The van der Waals surface area contributed by atoms with E-state index in [9.17, 15) is 5.11 Å². The van der Waals surface area contributed by atoms with Crippen LogP contribution < -0.4 is 10.1 Å². The number of aliphatic imine (C=N–C) groups is 1. The lowest BCUT2D eigenvalue weighted by Gasteiger charge is -2.22. The largest absolute Gasteiger partial charge is 0.504 e. The lowest BCUT2D eigenvalue weighted by Crippen LogP contribution is -2.38. The number of phenolic OH excluding ortho intramolecular Hbond substituents is 1. The van der Waals surface area contributed by atoms with E-state index >= 15 is 0 Å². The van der Waals surface area contributed by atoms with Gasteiger partial charge in [-0.05, 0) is 18.9 Å². The molecular formula is C20H31N5O2. The van der Waals surface area contributed by atoms with Gasteiger partial charge in [0, 0.05) is 44.5 Å². The Balaban J connectivity index is 2.20. The summed E-state index contributed by atoms with van der Waals surface area (Å²) in [7, 11) is 5.49. The maximum Gasteiger partial charge on any atom is 0.194 e. The van der Waals surface area contributed by atoms with Gasteiger partial charge in [0.05, 0.1) is 19.3 Å². The van der Waals surface area contributed by atoms with E-state index in [2.05, 4.69) is 40.4 Å². The zero-order valence-electron chi connectivity index (χ0n) is 17.2. The first-order valence-electron chi connectivity index (χ1n) is 9.24. The number of aromatic hydroxyl groups is 1. The van der Waals surface area contributed by atoms with E-state index in [0.29, 0.717) is 24.8 Å². The Labute approximate surface area is 161 Å². The SMILES string of the molecule is CCNC(=NCc1cccc(OC)c1O)N(C)Cc1cn(C)nc1C(C)C. The van der Waals surface area contributed by atoms with Gasteiger partial charge in [0.25, 0.3) is 0 Å². The molecular weight excluding hydrogens is 342 g/mol. The number of para-hydroxylation sites is 1. The van der Waals surface area contributed by atoms with Crippen LogP contribution in [0.1, 0.15) is 43.5 Å². The van der Waals surface area contributed by atoms with Crippen molar-refractivity contribution in [2.24, 2.45) is 12.0 Å². The Bertz CT molecular complexity index is 783. The average Bonchev–Trinajstić information content (AvgIpc) is 3.00. The standard InChI is InChI=1S/C20H31N5O2/c1-7-21-20(22-11-15-9-8-10-17(27-6)19(15)26)24(4)12-16-13-25(5)23-18(16)14(2)3/h8-10,13-14,26H,7,11-12H2,1-6H3,(H,21,22). The van der Waals surface area contributed by atoms with Crippen LogP contribution in [-0.4, -0.2) is 46.4 Å². The van der Waals surface area contributed by atoms with Crippen molar-refractivity contribution in [3.63, 3.8) is 0 Å². The highest BCUT2D eigenvalue weighted by molar-refractivity contribution is 5.79. The zero-order chi connectivity index (χ0) is 20.0.